The summed E-state index contributed by atoms with van der Waals surface area (Å²) >= 11 is 0. The molecular weight excluding hydrogens is 442 g/mol. The first kappa shape index (κ1) is 22.6. The normalized spacial score (nSPS) is 16.5. The predicted octanol–water partition coefficient (Wildman–Crippen LogP) is 2.92. The Hall–Kier alpha value is -3.56. The number of ether oxygens (including phenoxy) is 1. The number of anilines is 1. The summed E-state index contributed by atoms with van der Waals surface area (Å²) in [4.78, 5) is 31.3. The van der Waals surface area contributed by atoms with Crippen LogP contribution in [0.3, 0.4) is 0 Å². The molecule has 2 heterocycles. The van der Waals surface area contributed by atoms with Crippen molar-refractivity contribution in [1.29, 1.82) is 0 Å². The van der Waals surface area contributed by atoms with Crippen LogP contribution in [0, 0.1) is 6.92 Å². The number of pyridine rings is 1. The number of imide groups is 1. The van der Waals surface area contributed by atoms with Gasteiger partial charge < -0.3 is 4.74 Å². The van der Waals surface area contributed by atoms with Gasteiger partial charge in [-0.3, -0.25) is 14.6 Å². The number of hydrogen-bond donors (Lipinski definition) is 0. The van der Waals surface area contributed by atoms with E-state index >= 15 is 0 Å². The minimum atomic E-state index is -4.13. The third kappa shape index (κ3) is 4.50. The van der Waals surface area contributed by atoms with Crippen molar-refractivity contribution in [2.75, 3.05) is 12.0 Å². The van der Waals surface area contributed by atoms with E-state index in [-0.39, 0.29) is 17.9 Å². The van der Waals surface area contributed by atoms with Gasteiger partial charge in [-0.05, 0) is 55.0 Å². The molecule has 1 fully saturated rings. The molecule has 1 atom stereocenters. The Labute approximate surface area is 192 Å². The molecular formula is C24H23N3O5S. The van der Waals surface area contributed by atoms with Crippen molar-refractivity contribution in [2.45, 2.75) is 30.8 Å². The first-order valence-corrected chi connectivity index (χ1v) is 11.7. The maximum absolute atomic E-state index is 13.6. The number of aromatic nitrogens is 1. The minimum absolute atomic E-state index is 0.00113. The minimum Gasteiger partial charge on any atom is -0.497 e. The Morgan fingerprint density at radius 1 is 1.06 bits per heavy atom. The smallest absolute Gasteiger partial charge is 0.252 e. The SMILES string of the molecule is COc1ccc(S(=O)(=O)N(Cc2cccnc2)C2CC(=O)N(c3ccc(C)cc3)C2=O)cc1. The van der Waals surface area contributed by atoms with Gasteiger partial charge >= 0.3 is 0 Å². The lowest BCUT2D eigenvalue weighted by Gasteiger charge is -2.27. The Balaban J connectivity index is 1.73. The van der Waals surface area contributed by atoms with Crippen molar-refractivity contribution >= 4 is 27.5 Å². The number of benzene rings is 2. The molecule has 0 bridgehead atoms. The number of methoxy groups -OCH3 is 1. The highest BCUT2D eigenvalue weighted by molar-refractivity contribution is 7.89. The van der Waals surface area contributed by atoms with Crippen molar-refractivity contribution in [3.63, 3.8) is 0 Å². The molecule has 170 valence electrons. The highest BCUT2D eigenvalue weighted by Gasteiger charge is 2.47. The first-order chi connectivity index (χ1) is 15.8. The lowest BCUT2D eigenvalue weighted by molar-refractivity contribution is -0.122. The zero-order valence-electron chi connectivity index (χ0n) is 18.2. The second-order valence-electron chi connectivity index (χ2n) is 7.71. The summed E-state index contributed by atoms with van der Waals surface area (Å²) in [6.07, 6.45) is 2.87. The van der Waals surface area contributed by atoms with Crippen LogP contribution in [-0.2, 0) is 26.2 Å². The van der Waals surface area contributed by atoms with Crippen molar-refractivity contribution in [3.8, 4) is 5.75 Å². The molecule has 1 aliphatic heterocycles. The number of hydrogen-bond acceptors (Lipinski definition) is 6. The van der Waals surface area contributed by atoms with Crippen LogP contribution in [0.4, 0.5) is 5.69 Å². The number of amides is 2. The third-order valence-corrected chi connectivity index (χ3v) is 7.36. The molecule has 2 amide bonds. The van der Waals surface area contributed by atoms with E-state index in [9.17, 15) is 18.0 Å². The highest BCUT2D eigenvalue weighted by atomic mass is 32.2. The molecule has 0 N–H and O–H groups in total. The Morgan fingerprint density at radius 2 is 1.76 bits per heavy atom. The van der Waals surface area contributed by atoms with Crippen molar-refractivity contribution < 1.29 is 22.7 Å². The molecule has 33 heavy (non-hydrogen) atoms. The number of nitrogens with zero attached hydrogens (tertiary/aromatic N) is 3. The zero-order chi connectivity index (χ0) is 23.6. The summed E-state index contributed by atoms with van der Waals surface area (Å²) in [5.41, 5.74) is 2.00. The first-order valence-electron chi connectivity index (χ1n) is 10.3. The third-order valence-electron chi connectivity index (χ3n) is 5.49. The molecule has 0 radical (unpaired) electrons. The summed E-state index contributed by atoms with van der Waals surface area (Å²) in [6.45, 7) is 1.80. The molecule has 1 aromatic heterocycles. The molecule has 4 rings (SSSR count). The molecule has 1 saturated heterocycles. The lowest BCUT2D eigenvalue weighted by Crippen LogP contribution is -2.45. The summed E-state index contributed by atoms with van der Waals surface area (Å²) in [6, 6.07) is 15.1. The zero-order valence-corrected chi connectivity index (χ0v) is 19.0. The predicted molar refractivity (Wildman–Crippen MR) is 122 cm³/mol. The second-order valence-corrected chi connectivity index (χ2v) is 9.60. The van der Waals surface area contributed by atoms with Crippen LogP contribution in [-0.4, -0.2) is 42.7 Å². The number of carbonyl (C=O) groups excluding carboxylic acids is 2. The maximum atomic E-state index is 13.6. The molecule has 0 aliphatic carbocycles. The lowest BCUT2D eigenvalue weighted by atomic mass is 10.2. The standard InChI is InChI=1S/C24H23N3O5S/c1-17-5-7-19(8-6-17)27-23(28)14-22(24(27)29)26(16-18-4-3-13-25-15-18)33(30,31)21-11-9-20(32-2)10-12-21/h3-13,15,22H,14,16H2,1-2H3. The van der Waals surface area contributed by atoms with Gasteiger partial charge in [0.25, 0.3) is 5.91 Å². The number of aryl methyl sites for hydroxylation is 1. The average Bonchev–Trinajstić information content (AvgIpc) is 3.12. The molecule has 9 heteroatoms. The summed E-state index contributed by atoms with van der Waals surface area (Å²) in [5.74, 6) is -0.523. The van der Waals surface area contributed by atoms with Gasteiger partial charge in [-0.2, -0.15) is 4.31 Å². The molecule has 1 unspecified atom stereocenters. The maximum Gasteiger partial charge on any atom is 0.252 e. The van der Waals surface area contributed by atoms with Crippen LogP contribution in [0.15, 0.2) is 78.0 Å². The fraction of sp³-hybridized carbons (Fsp3) is 0.208. The van der Waals surface area contributed by atoms with Crippen molar-refractivity contribution in [2.24, 2.45) is 0 Å². The van der Waals surface area contributed by atoms with Crippen molar-refractivity contribution in [1.82, 2.24) is 9.29 Å². The van der Waals surface area contributed by atoms with Gasteiger partial charge in [0.15, 0.2) is 0 Å². The van der Waals surface area contributed by atoms with E-state index in [1.165, 1.54) is 37.6 Å². The van der Waals surface area contributed by atoms with Crippen molar-refractivity contribution in [3.05, 3.63) is 84.2 Å². The molecule has 1 aliphatic rings. The monoisotopic (exact) mass is 465 g/mol. The van der Waals surface area contributed by atoms with Gasteiger partial charge in [0.1, 0.15) is 11.8 Å². The number of sulfonamides is 1. The molecule has 2 aromatic carbocycles. The summed E-state index contributed by atoms with van der Waals surface area (Å²) in [7, 11) is -2.64. The summed E-state index contributed by atoms with van der Waals surface area (Å²) in [5, 5.41) is 0. The van der Waals surface area contributed by atoms with Crippen LogP contribution in [0.5, 0.6) is 5.75 Å². The molecule has 3 aromatic rings. The van der Waals surface area contributed by atoms with Crippen LogP contribution >= 0.6 is 0 Å². The van der Waals surface area contributed by atoms with E-state index in [2.05, 4.69) is 4.98 Å². The van der Waals surface area contributed by atoms with E-state index < -0.39 is 27.9 Å². The average molecular weight is 466 g/mol. The van der Waals surface area contributed by atoms with Crippen LogP contribution in [0.25, 0.3) is 0 Å². The van der Waals surface area contributed by atoms with Crippen LogP contribution in [0.2, 0.25) is 0 Å². The van der Waals surface area contributed by atoms with E-state index in [0.717, 1.165) is 14.8 Å². The fourth-order valence-corrected chi connectivity index (χ4v) is 5.29. The van der Waals surface area contributed by atoms with Crippen LogP contribution < -0.4 is 9.64 Å². The Kier molecular flexibility index (Phi) is 6.26. The largest absolute Gasteiger partial charge is 0.497 e. The Morgan fingerprint density at radius 3 is 2.36 bits per heavy atom. The van der Waals surface area contributed by atoms with E-state index in [0.29, 0.717) is 17.0 Å². The second kappa shape index (κ2) is 9.13. The van der Waals surface area contributed by atoms with Gasteiger partial charge in [0.05, 0.1) is 24.1 Å². The van der Waals surface area contributed by atoms with E-state index in [1.807, 2.05) is 6.92 Å². The van der Waals surface area contributed by atoms with Gasteiger partial charge in [-0.1, -0.05) is 23.8 Å². The quantitative estimate of drug-likeness (QED) is 0.498. The summed E-state index contributed by atoms with van der Waals surface area (Å²) < 4.78 is 33.5. The van der Waals surface area contributed by atoms with Gasteiger partial charge in [0, 0.05) is 18.9 Å². The number of carbonyl (C=O) groups is 2. The van der Waals surface area contributed by atoms with Crippen LogP contribution in [0.1, 0.15) is 17.5 Å². The van der Waals surface area contributed by atoms with E-state index in [1.54, 1.807) is 42.6 Å². The van der Waals surface area contributed by atoms with Gasteiger partial charge in [-0.25, -0.2) is 13.3 Å². The topological polar surface area (TPSA) is 96.9 Å². The number of rotatable bonds is 7. The highest BCUT2D eigenvalue weighted by Crippen LogP contribution is 2.31. The van der Waals surface area contributed by atoms with E-state index in [4.69, 9.17) is 4.74 Å². The van der Waals surface area contributed by atoms with Gasteiger partial charge in [0.2, 0.25) is 15.9 Å². The molecule has 8 nitrogen and oxygen atoms in total. The molecule has 0 spiro atoms. The fourth-order valence-electron chi connectivity index (χ4n) is 3.72. The van der Waals surface area contributed by atoms with Gasteiger partial charge in [-0.15, -0.1) is 0 Å². The Bertz CT molecular complexity index is 1260. The molecule has 0 saturated carbocycles.